The van der Waals surface area contributed by atoms with Crippen molar-refractivity contribution in [2.24, 2.45) is 0 Å². The Morgan fingerprint density at radius 1 is 1.00 bits per heavy atom. The highest BCUT2D eigenvalue weighted by Crippen LogP contribution is 2.38. The molecule has 1 aromatic rings. The minimum Gasteiger partial charge on any atom is -0.496 e. The zero-order chi connectivity index (χ0) is 13.5. The van der Waals surface area contributed by atoms with Gasteiger partial charge in [0.2, 0.25) is 0 Å². The number of ether oxygens (including phenoxy) is 4. The molecule has 0 unspecified atom stereocenters. The van der Waals surface area contributed by atoms with Crippen LogP contribution in [0.5, 0.6) is 17.2 Å². The second-order valence-corrected chi connectivity index (χ2v) is 3.27. The molecular formula is C13H16O5. The lowest BCUT2D eigenvalue weighted by atomic mass is 10.1. The van der Waals surface area contributed by atoms with Crippen molar-refractivity contribution in [3.63, 3.8) is 0 Å². The van der Waals surface area contributed by atoms with Crippen molar-refractivity contribution in [2.45, 2.75) is 0 Å². The zero-order valence-electron chi connectivity index (χ0n) is 10.9. The van der Waals surface area contributed by atoms with Gasteiger partial charge in [-0.3, -0.25) is 0 Å². The van der Waals surface area contributed by atoms with E-state index in [1.807, 2.05) is 0 Å². The van der Waals surface area contributed by atoms with Crippen molar-refractivity contribution in [1.82, 2.24) is 0 Å². The van der Waals surface area contributed by atoms with E-state index in [9.17, 15) is 4.79 Å². The molecule has 0 saturated heterocycles. The van der Waals surface area contributed by atoms with E-state index >= 15 is 0 Å². The van der Waals surface area contributed by atoms with Crippen LogP contribution in [0.4, 0.5) is 0 Å². The van der Waals surface area contributed by atoms with Crippen molar-refractivity contribution in [1.29, 1.82) is 0 Å². The predicted molar refractivity (Wildman–Crippen MR) is 67.1 cm³/mol. The quantitative estimate of drug-likeness (QED) is 0.591. The Morgan fingerprint density at radius 2 is 1.61 bits per heavy atom. The number of esters is 1. The van der Waals surface area contributed by atoms with Crippen LogP contribution in [0.1, 0.15) is 5.56 Å². The Labute approximate surface area is 106 Å². The molecule has 0 aromatic heterocycles. The summed E-state index contributed by atoms with van der Waals surface area (Å²) in [5.74, 6) is 1.18. The van der Waals surface area contributed by atoms with Gasteiger partial charge >= 0.3 is 5.97 Å². The molecule has 98 valence electrons. The van der Waals surface area contributed by atoms with E-state index in [2.05, 4.69) is 4.74 Å². The average Bonchev–Trinajstić information content (AvgIpc) is 2.43. The summed E-state index contributed by atoms with van der Waals surface area (Å²) in [4.78, 5) is 11.1. The predicted octanol–water partition coefficient (Wildman–Crippen LogP) is 1.90. The van der Waals surface area contributed by atoms with E-state index in [-0.39, 0.29) is 0 Å². The monoisotopic (exact) mass is 252 g/mol. The summed E-state index contributed by atoms with van der Waals surface area (Å²) in [6, 6.07) is 3.46. The molecule has 1 aromatic carbocycles. The molecular weight excluding hydrogens is 236 g/mol. The molecule has 0 aliphatic carbocycles. The highest BCUT2D eigenvalue weighted by Gasteiger charge is 2.13. The molecule has 0 atom stereocenters. The molecule has 5 nitrogen and oxygen atoms in total. The lowest BCUT2D eigenvalue weighted by molar-refractivity contribution is -0.134. The normalized spacial score (nSPS) is 10.2. The maximum absolute atomic E-state index is 11.1. The molecule has 1 rings (SSSR count). The molecule has 0 aliphatic rings. The van der Waals surface area contributed by atoms with Gasteiger partial charge in [0.1, 0.15) is 5.75 Å². The second-order valence-electron chi connectivity index (χ2n) is 3.27. The maximum atomic E-state index is 11.1. The third-order valence-electron chi connectivity index (χ3n) is 2.35. The summed E-state index contributed by atoms with van der Waals surface area (Å²) in [5, 5.41) is 0. The Bertz CT molecular complexity index is 451. The Morgan fingerprint density at radius 3 is 2.11 bits per heavy atom. The minimum absolute atomic E-state index is 0.457. The molecule has 0 radical (unpaired) electrons. The summed E-state index contributed by atoms with van der Waals surface area (Å²) in [6.45, 7) is 0. The second kappa shape index (κ2) is 6.54. The van der Waals surface area contributed by atoms with Crippen molar-refractivity contribution in [3.8, 4) is 17.2 Å². The van der Waals surface area contributed by atoms with Crippen molar-refractivity contribution >= 4 is 12.0 Å². The van der Waals surface area contributed by atoms with Gasteiger partial charge in [-0.05, 0) is 18.2 Å². The number of carbonyl (C=O) groups is 1. The Kier molecular flexibility index (Phi) is 5.05. The first-order valence-corrected chi connectivity index (χ1v) is 5.22. The van der Waals surface area contributed by atoms with Gasteiger partial charge in [-0.15, -0.1) is 0 Å². The number of hydrogen-bond acceptors (Lipinski definition) is 5. The highest BCUT2D eigenvalue weighted by atomic mass is 16.5. The van der Waals surface area contributed by atoms with Crippen molar-refractivity contribution in [3.05, 3.63) is 23.8 Å². The topological polar surface area (TPSA) is 54.0 Å². The fourth-order valence-corrected chi connectivity index (χ4v) is 1.49. The smallest absolute Gasteiger partial charge is 0.330 e. The fraction of sp³-hybridized carbons (Fsp3) is 0.308. The van der Waals surface area contributed by atoms with E-state index in [0.717, 1.165) is 0 Å². The summed E-state index contributed by atoms with van der Waals surface area (Å²) in [6.07, 6.45) is 2.85. The fourth-order valence-electron chi connectivity index (χ4n) is 1.49. The van der Waals surface area contributed by atoms with Crippen LogP contribution in [0.15, 0.2) is 18.2 Å². The van der Waals surface area contributed by atoms with E-state index in [4.69, 9.17) is 14.2 Å². The van der Waals surface area contributed by atoms with E-state index < -0.39 is 5.97 Å². The first kappa shape index (κ1) is 13.9. The van der Waals surface area contributed by atoms with Crippen LogP contribution in [0, 0.1) is 0 Å². The van der Waals surface area contributed by atoms with Crippen LogP contribution < -0.4 is 14.2 Å². The SMILES string of the molecule is COC(=O)C=Cc1c(OC)ccc(OC)c1OC. The molecule has 0 fully saturated rings. The summed E-state index contributed by atoms with van der Waals surface area (Å²) in [7, 11) is 5.91. The van der Waals surface area contributed by atoms with Crippen LogP contribution in [0.25, 0.3) is 6.08 Å². The molecule has 0 spiro atoms. The molecule has 0 heterocycles. The minimum atomic E-state index is -0.457. The van der Waals surface area contributed by atoms with Gasteiger partial charge in [-0.2, -0.15) is 0 Å². The first-order valence-electron chi connectivity index (χ1n) is 5.22. The lowest BCUT2D eigenvalue weighted by Crippen LogP contribution is -1.98. The third kappa shape index (κ3) is 2.94. The van der Waals surface area contributed by atoms with Gasteiger partial charge in [0.05, 0.1) is 34.0 Å². The first-order chi connectivity index (χ1) is 8.67. The van der Waals surface area contributed by atoms with Crippen LogP contribution in [0.2, 0.25) is 0 Å². The number of hydrogen-bond donors (Lipinski definition) is 0. The van der Waals surface area contributed by atoms with Gasteiger partial charge < -0.3 is 18.9 Å². The zero-order valence-corrected chi connectivity index (χ0v) is 10.9. The van der Waals surface area contributed by atoms with Gasteiger partial charge in [0.15, 0.2) is 11.5 Å². The number of methoxy groups -OCH3 is 4. The molecule has 5 heteroatoms. The molecule has 0 aliphatic heterocycles. The standard InChI is InChI=1S/C13H16O5/c1-15-10-6-7-11(16-2)13(18-4)9(10)5-8-12(14)17-3/h5-8H,1-4H3. The molecule has 0 N–H and O–H groups in total. The Hall–Kier alpha value is -2.17. The molecule has 0 saturated carbocycles. The number of carbonyl (C=O) groups excluding carboxylic acids is 1. The van der Waals surface area contributed by atoms with Crippen LogP contribution in [-0.2, 0) is 9.53 Å². The average molecular weight is 252 g/mol. The molecule has 18 heavy (non-hydrogen) atoms. The third-order valence-corrected chi connectivity index (χ3v) is 2.35. The van der Waals surface area contributed by atoms with E-state index in [1.54, 1.807) is 18.2 Å². The van der Waals surface area contributed by atoms with Gasteiger partial charge in [-0.25, -0.2) is 4.79 Å². The summed E-state index contributed by atoms with van der Waals surface area (Å²) in [5.41, 5.74) is 0.616. The van der Waals surface area contributed by atoms with Crippen LogP contribution >= 0.6 is 0 Å². The molecule has 0 amide bonds. The van der Waals surface area contributed by atoms with E-state index in [0.29, 0.717) is 22.8 Å². The van der Waals surface area contributed by atoms with E-state index in [1.165, 1.54) is 34.5 Å². The summed E-state index contributed by atoms with van der Waals surface area (Å²) < 4.78 is 20.2. The largest absolute Gasteiger partial charge is 0.496 e. The Balaban J connectivity index is 3.27. The van der Waals surface area contributed by atoms with Crippen molar-refractivity contribution in [2.75, 3.05) is 28.4 Å². The van der Waals surface area contributed by atoms with Crippen molar-refractivity contribution < 1.29 is 23.7 Å². The molecule has 0 bridgehead atoms. The van der Waals surface area contributed by atoms with Crippen LogP contribution in [0.3, 0.4) is 0 Å². The number of benzene rings is 1. The van der Waals surface area contributed by atoms with Gasteiger partial charge in [0.25, 0.3) is 0 Å². The summed E-state index contributed by atoms with van der Waals surface area (Å²) >= 11 is 0. The highest BCUT2D eigenvalue weighted by molar-refractivity contribution is 5.88. The maximum Gasteiger partial charge on any atom is 0.330 e. The van der Waals surface area contributed by atoms with Gasteiger partial charge in [0, 0.05) is 6.08 Å². The van der Waals surface area contributed by atoms with Crippen LogP contribution in [-0.4, -0.2) is 34.4 Å². The number of rotatable bonds is 5. The lowest BCUT2D eigenvalue weighted by Gasteiger charge is -2.13. The van der Waals surface area contributed by atoms with Gasteiger partial charge in [-0.1, -0.05) is 0 Å².